The van der Waals surface area contributed by atoms with E-state index >= 15 is 0 Å². The summed E-state index contributed by atoms with van der Waals surface area (Å²) in [5.74, 6) is -0.209. The zero-order valence-corrected chi connectivity index (χ0v) is 13.9. The minimum Gasteiger partial charge on any atom is -0.468 e. The molecule has 18 heavy (non-hydrogen) atoms. The maximum atomic E-state index is 11.7. The third-order valence-corrected chi connectivity index (χ3v) is 5.29. The van der Waals surface area contributed by atoms with E-state index in [1.54, 1.807) is 0 Å². The maximum absolute atomic E-state index is 11.7. The first-order valence-corrected chi connectivity index (χ1v) is 7.98. The topological polar surface area (TPSA) is 38.3 Å². The van der Waals surface area contributed by atoms with Crippen LogP contribution in [0.1, 0.15) is 43.2 Å². The standard InChI is InChI=1S/C13H18INO2S/c1-13(2,12(16)17-3)15-9-5-4-6-10-8(9)7-11(14)18-10/h7,9,15H,4-6H2,1-3H3. The summed E-state index contributed by atoms with van der Waals surface area (Å²) in [6.07, 6.45) is 3.43. The van der Waals surface area contributed by atoms with Crippen molar-refractivity contribution in [3.63, 3.8) is 0 Å². The molecule has 2 rings (SSSR count). The summed E-state index contributed by atoms with van der Waals surface area (Å²) >= 11 is 4.23. The Labute approximate surface area is 125 Å². The van der Waals surface area contributed by atoms with Gasteiger partial charge in [-0.05, 0) is 67.3 Å². The Kier molecular flexibility index (Phi) is 4.33. The van der Waals surface area contributed by atoms with Gasteiger partial charge < -0.3 is 4.74 Å². The summed E-state index contributed by atoms with van der Waals surface area (Å²) < 4.78 is 6.17. The molecule has 0 saturated carbocycles. The van der Waals surface area contributed by atoms with Gasteiger partial charge in [-0.15, -0.1) is 11.3 Å². The Morgan fingerprint density at radius 1 is 1.61 bits per heavy atom. The highest BCUT2D eigenvalue weighted by atomic mass is 127. The Morgan fingerprint density at radius 2 is 2.33 bits per heavy atom. The molecule has 1 aliphatic rings. The summed E-state index contributed by atoms with van der Waals surface area (Å²) in [5, 5.41) is 3.44. The van der Waals surface area contributed by atoms with Crippen LogP contribution in [0.25, 0.3) is 0 Å². The van der Waals surface area contributed by atoms with Crippen molar-refractivity contribution in [3.05, 3.63) is 19.4 Å². The SMILES string of the molecule is COC(=O)C(C)(C)NC1CCCc2sc(I)cc21. The van der Waals surface area contributed by atoms with E-state index in [2.05, 4.69) is 34.0 Å². The van der Waals surface area contributed by atoms with Crippen LogP contribution in [0.5, 0.6) is 0 Å². The largest absolute Gasteiger partial charge is 0.468 e. The number of esters is 1. The summed E-state index contributed by atoms with van der Waals surface area (Å²) in [4.78, 5) is 13.2. The van der Waals surface area contributed by atoms with Gasteiger partial charge in [0.1, 0.15) is 5.54 Å². The molecule has 0 saturated heterocycles. The molecule has 1 aromatic rings. The van der Waals surface area contributed by atoms with Gasteiger partial charge in [0.2, 0.25) is 0 Å². The zero-order valence-electron chi connectivity index (χ0n) is 10.9. The van der Waals surface area contributed by atoms with Crippen molar-refractivity contribution in [1.82, 2.24) is 5.32 Å². The van der Waals surface area contributed by atoms with Crippen LogP contribution >= 0.6 is 33.9 Å². The fourth-order valence-corrected chi connectivity index (χ4v) is 4.54. The lowest BCUT2D eigenvalue weighted by molar-refractivity contribution is -0.147. The average Bonchev–Trinajstić information content (AvgIpc) is 2.69. The van der Waals surface area contributed by atoms with Crippen LogP contribution in [0.3, 0.4) is 0 Å². The van der Waals surface area contributed by atoms with E-state index in [4.69, 9.17) is 4.74 Å². The molecule has 0 amide bonds. The predicted octanol–water partition coefficient (Wildman–Crippen LogP) is 3.27. The molecule has 5 heteroatoms. The Hall–Kier alpha value is -0.140. The van der Waals surface area contributed by atoms with Crippen molar-refractivity contribution >= 4 is 39.9 Å². The van der Waals surface area contributed by atoms with Gasteiger partial charge in [-0.3, -0.25) is 10.1 Å². The molecule has 1 aliphatic carbocycles. The number of rotatable bonds is 3. The summed E-state index contributed by atoms with van der Waals surface area (Å²) in [5.41, 5.74) is 0.731. The molecule has 3 nitrogen and oxygen atoms in total. The van der Waals surface area contributed by atoms with E-state index < -0.39 is 5.54 Å². The van der Waals surface area contributed by atoms with Gasteiger partial charge in [0.15, 0.2) is 0 Å². The number of hydrogen-bond acceptors (Lipinski definition) is 4. The number of aryl methyl sites for hydroxylation is 1. The van der Waals surface area contributed by atoms with Gasteiger partial charge in [0, 0.05) is 10.9 Å². The van der Waals surface area contributed by atoms with Gasteiger partial charge in [0.05, 0.1) is 9.99 Å². The minimum absolute atomic E-state index is 0.209. The first-order valence-electron chi connectivity index (χ1n) is 6.08. The van der Waals surface area contributed by atoms with E-state index in [0.717, 1.165) is 6.42 Å². The lowest BCUT2D eigenvalue weighted by Gasteiger charge is -2.32. The first-order chi connectivity index (χ1) is 8.44. The number of hydrogen-bond donors (Lipinski definition) is 1. The number of carbonyl (C=O) groups is 1. The Balaban J connectivity index is 2.18. The molecule has 0 radical (unpaired) electrons. The van der Waals surface area contributed by atoms with Crippen molar-refractivity contribution in [1.29, 1.82) is 0 Å². The molecule has 0 aliphatic heterocycles. The number of methoxy groups -OCH3 is 1. The molecule has 0 spiro atoms. The zero-order chi connectivity index (χ0) is 13.3. The van der Waals surface area contributed by atoms with Gasteiger partial charge in [-0.2, -0.15) is 0 Å². The van der Waals surface area contributed by atoms with Crippen LogP contribution in [0.2, 0.25) is 0 Å². The second kappa shape index (κ2) is 5.46. The fraction of sp³-hybridized carbons (Fsp3) is 0.615. The highest BCUT2D eigenvalue weighted by molar-refractivity contribution is 14.1. The van der Waals surface area contributed by atoms with Crippen molar-refractivity contribution in [2.45, 2.75) is 44.7 Å². The monoisotopic (exact) mass is 379 g/mol. The fourth-order valence-electron chi connectivity index (χ4n) is 2.42. The lowest BCUT2D eigenvalue weighted by atomic mass is 9.91. The van der Waals surface area contributed by atoms with Crippen molar-refractivity contribution in [2.24, 2.45) is 0 Å². The highest BCUT2D eigenvalue weighted by Crippen LogP contribution is 2.37. The van der Waals surface area contributed by atoms with Crippen molar-refractivity contribution < 1.29 is 9.53 Å². The normalized spacial score (nSPS) is 19.4. The van der Waals surface area contributed by atoms with Crippen LogP contribution in [-0.2, 0) is 16.0 Å². The average molecular weight is 379 g/mol. The quantitative estimate of drug-likeness (QED) is 0.647. The van der Waals surface area contributed by atoms with Gasteiger partial charge >= 0.3 is 5.97 Å². The lowest BCUT2D eigenvalue weighted by Crippen LogP contribution is -2.49. The third kappa shape index (κ3) is 2.88. The molecule has 1 aromatic heterocycles. The number of halogens is 1. The number of fused-ring (bicyclic) bond motifs is 1. The van der Waals surface area contributed by atoms with Crippen LogP contribution in [-0.4, -0.2) is 18.6 Å². The van der Waals surface area contributed by atoms with Crippen LogP contribution < -0.4 is 5.32 Å². The molecule has 1 heterocycles. The number of ether oxygens (including phenoxy) is 1. The Morgan fingerprint density at radius 3 is 3.00 bits per heavy atom. The maximum Gasteiger partial charge on any atom is 0.325 e. The van der Waals surface area contributed by atoms with Gasteiger partial charge in [-0.1, -0.05) is 0 Å². The molecular formula is C13H18INO2S. The number of carbonyl (C=O) groups excluding carboxylic acids is 1. The second-order valence-electron chi connectivity index (χ2n) is 5.13. The summed E-state index contributed by atoms with van der Waals surface area (Å²) in [6.45, 7) is 3.76. The molecule has 1 unspecified atom stereocenters. The van der Waals surface area contributed by atoms with E-state index in [1.807, 2.05) is 25.2 Å². The smallest absolute Gasteiger partial charge is 0.325 e. The predicted molar refractivity (Wildman–Crippen MR) is 81.9 cm³/mol. The van der Waals surface area contributed by atoms with Crippen LogP contribution in [0.4, 0.5) is 0 Å². The van der Waals surface area contributed by atoms with E-state index in [0.29, 0.717) is 0 Å². The van der Waals surface area contributed by atoms with E-state index in [1.165, 1.54) is 33.3 Å². The van der Waals surface area contributed by atoms with Gasteiger partial charge in [-0.25, -0.2) is 0 Å². The molecule has 0 fully saturated rings. The Bertz CT molecular complexity index is 456. The van der Waals surface area contributed by atoms with Crippen LogP contribution in [0.15, 0.2) is 6.07 Å². The molecule has 0 bridgehead atoms. The number of thiophene rings is 1. The first kappa shape index (κ1) is 14.3. The molecule has 0 aromatic carbocycles. The molecule has 100 valence electrons. The van der Waals surface area contributed by atoms with Gasteiger partial charge in [0.25, 0.3) is 0 Å². The van der Waals surface area contributed by atoms with E-state index in [9.17, 15) is 4.79 Å². The molecular weight excluding hydrogens is 361 g/mol. The van der Waals surface area contributed by atoms with E-state index in [-0.39, 0.29) is 12.0 Å². The third-order valence-electron chi connectivity index (χ3n) is 3.31. The van der Waals surface area contributed by atoms with Crippen molar-refractivity contribution in [2.75, 3.05) is 7.11 Å². The summed E-state index contributed by atoms with van der Waals surface area (Å²) in [7, 11) is 1.44. The minimum atomic E-state index is -0.638. The number of nitrogens with one attached hydrogen (secondary N) is 1. The molecule has 1 atom stereocenters. The van der Waals surface area contributed by atoms with Crippen LogP contribution in [0, 0.1) is 2.88 Å². The molecule has 1 N–H and O–H groups in total. The summed E-state index contributed by atoms with van der Waals surface area (Å²) in [6, 6.07) is 2.51. The second-order valence-corrected chi connectivity index (χ2v) is 8.17. The van der Waals surface area contributed by atoms with Crippen molar-refractivity contribution in [3.8, 4) is 0 Å². The highest BCUT2D eigenvalue weighted by Gasteiger charge is 2.33.